The van der Waals surface area contributed by atoms with Gasteiger partial charge in [-0.1, -0.05) is 30.5 Å². The lowest BCUT2D eigenvalue weighted by Gasteiger charge is -2.20. The fraction of sp³-hybridized carbons (Fsp3) is 0.333. The molecule has 0 saturated heterocycles. The van der Waals surface area contributed by atoms with Crippen LogP contribution in [0.5, 0.6) is 0 Å². The van der Waals surface area contributed by atoms with Crippen LogP contribution in [0.3, 0.4) is 0 Å². The zero-order valence-corrected chi connectivity index (χ0v) is 12.2. The number of nitrogens with two attached hydrogens (primary N) is 1. The third-order valence-electron chi connectivity index (χ3n) is 2.38. The van der Waals surface area contributed by atoms with Gasteiger partial charge in [0.2, 0.25) is 0 Å². The first-order valence-electron chi connectivity index (χ1n) is 5.18. The SMILES string of the molecule is CN(C)C(=S)c1cccc(C(=S)N(C)C)c1N. The molecule has 0 spiro atoms. The molecular formula is C12H17N3S2. The second kappa shape index (κ2) is 5.42. The number of hydrogen-bond acceptors (Lipinski definition) is 3. The van der Waals surface area contributed by atoms with Gasteiger partial charge in [-0.2, -0.15) is 0 Å². The number of thiocarbonyl (C=S) groups is 2. The van der Waals surface area contributed by atoms with Crippen LogP contribution in [0.2, 0.25) is 0 Å². The molecule has 0 unspecified atom stereocenters. The van der Waals surface area contributed by atoms with Crippen molar-refractivity contribution in [1.29, 1.82) is 0 Å². The van der Waals surface area contributed by atoms with E-state index >= 15 is 0 Å². The zero-order chi connectivity index (χ0) is 13.2. The van der Waals surface area contributed by atoms with E-state index in [1.807, 2.05) is 56.2 Å². The van der Waals surface area contributed by atoms with Gasteiger partial charge >= 0.3 is 0 Å². The highest BCUT2D eigenvalue weighted by molar-refractivity contribution is 7.81. The second-order valence-corrected chi connectivity index (χ2v) is 4.94. The molecule has 0 aliphatic carbocycles. The van der Waals surface area contributed by atoms with E-state index in [-0.39, 0.29) is 0 Å². The van der Waals surface area contributed by atoms with E-state index in [1.54, 1.807) is 0 Å². The fourth-order valence-corrected chi connectivity index (χ4v) is 1.78. The van der Waals surface area contributed by atoms with Gasteiger partial charge in [0, 0.05) is 39.3 Å². The average molecular weight is 267 g/mol. The first-order chi connectivity index (χ1) is 7.86. The predicted molar refractivity (Wildman–Crippen MR) is 81.6 cm³/mol. The summed E-state index contributed by atoms with van der Waals surface area (Å²) in [6.45, 7) is 0. The fourth-order valence-electron chi connectivity index (χ4n) is 1.42. The number of hydrogen-bond donors (Lipinski definition) is 1. The van der Waals surface area contributed by atoms with Crippen molar-refractivity contribution in [2.24, 2.45) is 0 Å². The summed E-state index contributed by atoms with van der Waals surface area (Å²) in [4.78, 5) is 5.16. The van der Waals surface area contributed by atoms with Crippen molar-refractivity contribution in [2.75, 3.05) is 33.9 Å². The van der Waals surface area contributed by atoms with E-state index in [0.29, 0.717) is 15.7 Å². The van der Waals surface area contributed by atoms with Crippen LogP contribution in [0.25, 0.3) is 0 Å². The summed E-state index contributed by atoms with van der Waals surface area (Å²) in [5, 5.41) is 0. The second-order valence-electron chi connectivity index (χ2n) is 4.17. The Bertz CT molecular complexity index is 415. The molecule has 3 nitrogen and oxygen atoms in total. The molecule has 0 atom stereocenters. The Hall–Kier alpha value is -1.20. The molecule has 0 bridgehead atoms. The molecule has 0 heterocycles. The number of benzene rings is 1. The molecule has 2 N–H and O–H groups in total. The van der Waals surface area contributed by atoms with Gasteiger partial charge in [0.25, 0.3) is 0 Å². The van der Waals surface area contributed by atoms with Gasteiger partial charge < -0.3 is 15.5 Å². The molecular weight excluding hydrogens is 250 g/mol. The van der Waals surface area contributed by atoms with Crippen LogP contribution in [-0.2, 0) is 0 Å². The molecule has 0 fully saturated rings. The van der Waals surface area contributed by atoms with Crippen LogP contribution >= 0.6 is 24.4 Å². The van der Waals surface area contributed by atoms with Crippen LogP contribution < -0.4 is 5.73 Å². The highest BCUT2D eigenvalue weighted by atomic mass is 32.1. The molecule has 0 saturated carbocycles. The minimum Gasteiger partial charge on any atom is -0.398 e. The van der Waals surface area contributed by atoms with Gasteiger partial charge in [-0.05, 0) is 12.1 Å². The molecule has 1 rings (SSSR count). The minimum absolute atomic E-state index is 0.643. The third kappa shape index (κ3) is 2.92. The monoisotopic (exact) mass is 267 g/mol. The molecule has 92 valence electrons. The van der Waals surface area contributed by atoms with Gasteiger partial charge in [0.05, 0.1) is 5.69 Å². The molecule has 1 aromatic rings. The van der Waals surface area contributed by atoms with Crippen molar-refractivity contribution < 1.29 is 0 Å². The summed E-state index contributed by atoms with van der Waals surface area (Å²) in [7, 11) is 7.61. The van der Waals surface area contributed by atoms with Crippen LogP contribution in [0.1, 0.15) is 11.1 Å². The Balaban J connectivity index is 3.25. The molecule has 5 heteroatoms. The highest BCUT2D eigenvalue weighted by Gasteiger charge is 2.14. The molecule has 1 aromatic carbocycles. The highest BCUT2D eigenvalue weighted by Crippen LogP contribution is 2.21. The predicted octanol–water partition coefficient (Wildman–Crippen LogP) is 1.74. The smallest absolute Gasteiger partial charge is 0.110 e. The van der Waals surface area contributed by atoms with Crippen molar-refractivity contribution in [3.05, 3.63) is 29.3 Å². The van der Waals surface area contributed by atoms with E-state index in [0.717, 1.165) is 11.1 Å². The first kappa shape index (κ1) is 13.9. The van der Waals surface area contributed by atoms with Crippen LogP contribution in [0.4, 0.5) is 5.69 Å². The summed E-state index contributed by atoms with van der Waals surface area (Å²) in [5.74, 6) is 0. The Kier molecular flexibility index (Phi) is 4.42. The average Bonchev–Trinajstić information content (AvgIpc) is 2.27. The van der Waals surface area contributed by atoms with Crippen molar-refractivity contribution >= 4 is 40.1 Å². The van der Waals surface area contributed by atoms with Crippen molar-refractivity contribution in [3.63, 3.8) is 0 Å². The van der Waals surface area contributed by atoms with Crippen LogP contribution in [0.15, 0.2) is 18.2 Å². The molecule has 0 amide bonds. The van der Waals surface area contributed by atoms with Gasteiger partial charge in [-0.3, -0.25) is 0 Å². The summed E-state index contributed by atoms with van der Waals surface area (Å²) < 4.78 is 0. The maximum absolute atomic E-state index is 6.13. The van der Waals surface area contributed by atoms with Crippen molar-refractivity contribution in [1.82, 2.24) is 9.80 Å². The van der Waals surface area contributed by atoms with Crippen LogP contribution in [-0.4, -0.2) is 48.0 Å². The largest absolute Gasteiger partial charge is 0.398 e. The maximum Gasteiger partial charge on any atom is 0.110 e. The Labute approximate surface area is 113 Å². The Morgan fingerprint density at radius 2 is 1.29 bits per heavy atom. The van der Waals surface area contributed by atoms with E-state index < -0.39 is 0 Å². The molecule has 0 radical (unpaired) electrons. The van der Waals surface area contributed by atoms with E-state index in [1.165, 1.54) is 0 Å². The number of rotatable bonds is 2. The molecule has 0 aliphatic heterocycles. The van der Waals surface area contributed by atoms with Crippen LogP contribution in [0, 0.1) is 0 Å². The minimum atomic E-state index is 0.643. The van der Waals surface area contributed by atoms with E-state index in [9.17, 15) is 0 Å². The molecule has 0 aromatic heterocycles. The Morgan fingerprint density at radius 3 is 1.59 bits per heavy atom. The zero-order valence-electron chi connectivity index (χ0n) is 10.5. The first-order valence-corrected chi connectivity index (χ1v) is 5.99. The van der Waals surface area contributed by atoms with Gasteiger partial charge in [0.15, 0.2) is 0 Å². The summed E-state index contributed by atoms with van der Waals surface area (Å²) in [6, 6.07) is 5.76. The number of anilines is 1. The summed E-state index contributed by atoms with van der Waals surface area (Å²) in [6.07, 6.45) is 0. The van der Waals surface area contributed by atoms with Gasteiger partial charge in [0.1, 0.15) is 9.98 Å². The van der Waals surface area contributed by atoms with Crippen molar-refractivity contribution in [3.8, 4) is 0 Å². The maximum atomic E-state index is 6.13. The topological polar surface area (TPSA) is 32.5 Å². The Morgan fingerprint density at radius 1 is 0.941 bits per heavy atom. The lowest BCUT2D eigenvalue weighted by molar-refractivity contribution is 0.635. The number of para-hydroxylation sites is 1. The standard InChI is InChI=1S/C12H17N3S2/c1-14(2)11(16)8-6-5-7-9(10(8)13)12(17)15(3)4/h5-7H,13H2,1-4H3. The quantitative estimate of drug-likeness (QED) is 0.652. The summed E-state index contributed by atoms with van der Waals surface area (Å²) >= 11 is 10.7. The number of nitrogen functional groups attached to an aromatic ring is 1. The normalized spacial score (nSPS) is 9.88. The number of nitrogens with zero attached hydrogens (tertiary/aromatic N) is 2. The van der Waals surface area contributed by atoms with Crippen molar-refractivity contribution in [2.45, 2.75) is 0 Å². The lowest BCUT2D eigenvalue weighted by Crippen LogP contribution is -2.25. The lowest BCUT2D eigenvalue weighted by atomic mass is 10.1. The molecule has 17 heavy (non-hydrogen) atoms. The van der Waals surface area contributed by atoms with Gasteiger partial charge in [-0.15, -0.1) is 0 Å². The summed E-state index contributed by atoms with van der Waals surface area (Å²) in [5.41, 5.74) is 8.48. The van der Waals surface area contributed by atoms with E-state index in [4.69, 9.17) is 30.2 Å². The molecule has 0 aliphatic rings. The third-order valence-corrected chi connectivity index (χ3v) is 3.55. The van der Waals surface area contributed by atoms with Gasteiger partial charge in [-0.25, -0.2) is 0 Å². The van der Waals surface area contributed by atoms with E-state index in [2.05, 4.69) is 0 Å².